The number of sulfonamides is 1. The highest BCUT2D eigenvalue weighted by atomic mass is 32.2. The van der Waals surface area contributed by atoms with Crippen LogP contribution in [0.25, 0.3) is 0 Å². The van der Waals surface area contributed by atoms with Gasteiger partial charge in [0.25, 0.3) is 10.0 Å². The van der Waals surface area contributed by atoms with Crippen molar-refractivity contribution in [1.82, 2.24) is 4.83 Å². The summed E-state index contributed by atoms with van der Waals surface area (Å²) in [5.41, 5.74) is 0.859. The first-order chi connectivity index (χ1) is 7.71. The summed E-state index contributed by atoms with van der Waals surface area (Å²) in [6, 6.07) is 6.62. The average molecular weight is 254 g/mol. The largest absolute Gasteiger partial charge is 0.276 e. The topological polar surface area (TPSA) is 58.5 Å². The Morgan fingerprint density at radius 2 is 1.71 bits per heavy atom. The lowest BCUT2D eigenvalue weighted by Gasteiger charge is -2.10. The van der Waals surface area contributed by atoms with Crippen LogP contribution in [0.1, 0.15) is 26.3 Å². The number of hydrazone groups is 1. The van der Waals surface area contributed by atoms with Gasteiger partial charge in [0.2, 0.25) is 0 Å². The molecule has 5 heteroatoms. The van der Waals surface area contributed by atoms with Gasteiger partial charge in [0, 0.05) is 6.21 Å². The molecule has 0 saturated carbocycles. The zero-order valence-corrected chi connectivity index (χ0v) is 11.4. The fourth-order valence-corrected chi connectivity index (χ4v) is 1.85. The molecule has 0 aliphatic carbocycles. The normalized spacial score (nSPS) is 12.9. The fraction of sp³-hybridized carbons (Fsp3) is 0.417. The van der Waals surface area contributed by atoms with Crippen molar-refractivity contribution in [3.05, 3.63) is 29.8 Å². The molecule has 0 atom stereocenters. The summed E-state index contributed by atoms with van der Waals surface area (Å²) in [5, 5.41) is 3.75. The average Bonchev–Trinajstić information content (AvgIpc) is 2.15. The van der Waals surface area contributed by atoms with Gasteiger partial charge < -0.3 is 0 Å². The van der Waals surface area contributed by atoms with Gasteiger partial charge in [0.05, 0.1) is 4.90 Å². The number of nitrogens with zero attached hydrogens (tertiary/aromatic N) is 1. The molecular weight excluding hydrogens is 236 g/mol. The highest BCUT2D eigenvalue weighted by Crippen LogP contribution is 2.11. The van der Waals surface area contributed by atoms with Crippen LogP contribution in [0.3, 0.4) is 0 Å². The van der Waals surface area contributed by atoms with Crippen molar-refractivity contribution >= 4 is 16.2 Å². The molecule has 1 rings (SSSR count). The van der Waals surface area contributed by atoms with Crippen LogP contribution in [0.4, 0.5) is 0 Å². The Labute approximate surface area is 103 Å². The first-order valence-corrected chi connectivity index (χ1v) is 6.82. The van der Waals surface area contributed by atoms with Gasteiger partial charge in [-0.15, -0.1) is 0 Å². The van der Waals surface area contributed by atoms with Crippen molar-refractivity contribution in [2.45, 2.75) is 32.6 Å². The molecule has 1 aromatic carbocycles. The predicted molar refractivity (Wildman–Crippen MR) is 69.4 cm³/mol. The van der Waals surface area contributed by atoms with Gasteiger partial charge in [-0.05, 0) is 24.5 Å². The van der Waals surface area contributed by atoms with Crippen molar-refractivity contribution in [3.8, 4) is 0 Å². The Hall–Kier alpha value is -1.36. The van der Waals surface area contributed by atoms with Gasteiger partial charge in [-0.1, -0.05) is 38.5 Å². The predicted octanol–water partition coefficient (Wildman–Crippen LogP) is 2.31. The van der Waals surface area contributed by atoms with Gasteiger partial charge in [0.15, 0.2) is 0 Å². The monoisotopic (exact) mass is 254 g/mol. The maximum atomic E-state index is 11.8. The molecule has 0 bridgehead atoms. The summed E-state index contributed by atoms with van der Waals surface area (Å²) in [5.74, 6) is 0. The van der Waals surface area contributed by atoms with Crippen LogP contribution in [0, 0.1) is 12.3 Å². The van der Waals surface area contributed by atoms with E-state index >= 15 is 0 Å². The zero-order valence-electron chi connectivity index (χ0n) is 10.6. The molecule has 0 spiro atoms. The lowest BCUT2D eigenvalue weighted by molar-refractivity contribution is 0.579. The van der Waals surface area contributed by atoms with E-state index in [1.54, 1.807) is 30.5 Å². The van der Waals surface area contributed by atoms with E-state index in [-0.39, 0.29) is 10.3 Å². The molecule has 0 aromatic heterocycles. The smallest absolute Gasteiger partial charge is 0.200 e. The van der Waals surface area contributed by atoms with Crippen molar-refractivity contribution in [2.24, 2.45) is 10.5 Å². The lowest BCUT2D eigenvalue weighted by Crippen LogP contribution is -2.20. The van der Waals surface area contributed by atoms with Gasteiger partial charge in [-0.2, -0.15) is 13.5 Å². The number of rotatable bonds is 3. The SMILES string of the molecule is Cc1ccc(S(=O)(=O)NN=CC(C)(C)C)cc1. The zero-order chi connectivity index (χ0) is 13.1. The Balaban J connectivity index is 2.83. The molecule has 17 heavy (non-hydrogen) atoms. The van der Waals surface area contributed by atoms with E-state index in [0.29, 0.717) is 0 Å². The Morgan fingerprint density at radius 3 is 2.18 bits per heavy atom. The molecule has 1 N–H and O–H groups in total. The molecule has 94 valence electrons. The van der Waals surface area contributed by atoms with Crippen LogP contribution in [0.2, 0.25) is 0 Å². The quantitative estimate of drug-likeness (QED) is 0.664. The second-order valence-electron chi connectivity index (χ2n) is 5.03. The van der Waals surface area contributed by atoms with E-state index in [4.69, 9.17) is 0 Å². The van der Waals surface area contributed by atoms with Crippen LogP contribution in [0.5, 0.6) is 0 Å². The third kappa shape index (κ3) is 4.56. The van der Waals surface area contributed by atoms with Gasteiger partial charge >= 0.3 is 0 Å². The van der Waals surface area contributed by atoms with E-state index in [9.17, 15) is 8.42 Å². The van der Waals surface area contributed by atoms with E-state index in [1.165, 1.54) is 0 Å². The van der Waals surface area contributed by atoms with E-state index in [0.717, 1.165) is 5.56 Å². The summed E-state index contributed by atoms with van der Waals surface area (Å²) in [7, 11) is -3.55. The molecular formula is C12H18N2O2S. The Bertz CT molecular complexity index is 496. The molecule has 0 unspecified atom stereocenters. The number of benzene rings is 1. The maximum Gasteiger partial charge on any atom is 0.276 e. The lowest BCUT2D eigenvalue weighted by atomic mass is 9.99. The first-order valence-electron chi connectivity index (χ1n) is 5.33. The van der Waals surface area contributed by atoms with Crippen molar-refractivity contribution < 1.29 is 8.42 Å². The molecule has 0 aliphatic heterocycles. The summed E-state index contributed by atoms with van der Waals surface area (Å²) in [6.45, 7) is 7.73. The van der Waals surface area contributed by atoms with Crippen molar-refractivity contribution in [2.75, 3.05) is 0 Å². The minimum Gasteiger partial charge on any atom is -0.200 e. The van der Waals surface area contributed by atoms with Crippen LogP contribution in [0.15, 0.2) is 34.3 Å². The molecule has 0 amide bonds. The number of aryl methyl sites for hydroxylation is 1. The highest BCUT2D eigenvalue weighted by molar-refractivity contribution is 7.89. The number of nitrogens with one attached hydrogen (secondary N) is 1. The molecule has 4 nitrogen and oxygen atoms in total. The van der Waals surface area contributed by atoms with Crippen LogP contribution in [-0.4, -0.2) is 14.6 Å². The minimum atomic E-state index is -3.55. The Morgan fingerprint density at radius 1 is 1.18 bits per heavy atom. The Kier molecular flexibility index (Phi) is 3.93. The van der Waals surface area contributed by atoms with E-state index in [1.807, 2.05) is 27.7 Å². The third-order valence-electron chi connectivity index (χ3n) is 1.96. The second-order valence-corrected chi connectivity index (χ2v) is 6.69. The highest BCUT2D eigenvalue weighted by Gasteiger charge is 2.12. The third-order valence-corrected chi connectivity index (χ3v) is 3.19. The number of hydrogen-bond acceptors (Lipinski definition) is 3. The summed E-state index contributed by atoms with van der Waals surface area (Å²) in [4.78, 5) is 2.41. The van der Waals surface area contributed by atoms with Crippen LogP contribution in [-0.2, 0) is 10.0 Å². The first kappa shape index (κ1) is 13.7. The van der Waals surface area contributed by atoms with Crippen molar-refractivity contribution in [3.63, 3.8) is 0 Å². The van der Waals surface area contributed by atoms with E-state index in [2.05, 4.69) is 9.93 Å². The molecule has 0 fully saturated rings. The molecule has 0 saturated heterocycles. The van der Waals surface area contributed by atoms with Gasteiger partial charge in [-0.3, -0.25) is 0 Å². The minimum absolute atomic E-state index is 0.157. The maximum absolute atomic E-state index is 11.8. The number of hydrogen-bond donors (Lipinski definition) is 1. The second kappa shape index (κ2) is 4.87. The summed E-state index contributed by atoms with van der Waals surface area (Å²) < 4.78 is 23.6. The van der Waals surface area contributed by atoms with E-state index < -0.39 is 10.0 Å². The summed E-state index contributed by atoms with van der Waals surface area (Å²) >= 11 is 0. The van der Waals surface area contributed by atoms with Crippen LogP contribution >= 0.6 is 0 Å². The molecule has 0 radical (unpaired) electrons. The molecule has 1 aromatic rings. The summed E-state index contributed by atoms with van der Waals surface area (Å²) in [6.07, 6.45) is 1.57. The van der Waals surface area contributed by atoms with Gasteiger partial charge in [0.1, 0.15) is 0 Å². The standard InChI is InChI=1S/C12H18N2O2S/c1-10-5-7-11(8-6-10)17(15,16)14-13-9-12(2,3)4/h5-9,14H,1-4H3. The van der Waals surface area contributed by atoms with Crippen LogP contribution < -0.4 is 4.83 Å². The molecule has 0 heterocycles. The van der Waals surface area contributed by atoms with Gasteiger partial charge in [-0.25, -0.2) is 4.83 Å². The molecule has 0 aliphatic rings. The van der Waals surface area contributed by atoms with Crippen molar-refractivity contribution in [1.29, 1.82) is 0 Å². The fourth-order valence-electron chi connectivity index (χ4n) is 1.06.